The summed E-state index contributed by atoms with van der Waals surface area (Å²) in [4.78, 5) is 6.04. The van der Waals surface area contributed by atoms with Gasteiger partial charge in [0, 0.05) is 44.8 Å². The maximum absolute atomic E-state index is 10.1. The average molecular weight is 285 g/mol. The molecule has 1 aromatic heterocycles. The lowest BCUT2D eigenvalue weighted by atomic mass is 10.1. The van der Waals surface area contributed by atoms with Crippen molar-refractivity contribution in [2.75, 3.05) is 25.5 Å². The second-order valence-electron chi connectivity index (χ2n) is 5.41. The Hall–Kier alpha value is -1.91. The summed E-state index contributed by atoms with van der Waals surface area (Å²) in [5.41, 5.74) is 3.28. The number of anilines is 1. The Kier molecular flexibility index (Phi) is 5.31. The van der Waals surface area contributed by atoms with Crippen LogP contribution in [0, 0.1) is 0 Å². The minimum atomic E-state index is -0.517. The molecule has 0 bridgehead atoms. The molecule has 4 heteroatoms. The van der Waals surface area contributed by atoms with Gasteiger partial charge in [-0.2, -0.15) is 0 Å². The van der Waals surface area contributed by atoms with Crippen LogP contribution in [0.2, 0.25) is 0 Å². The maximum atomic E-state index is 10.1. The van der Waals surface area contributed by atoms with Gasteiger partial charge in [0.05, 0.1) is 6.10 Å². The fraction of sp³-hybridized carbons (Fsp3) is 0.353. The zero-order chi connectivity index (χ0) is 15.2. The molecule has 2 N–H and O–H groups in total. The van der Waals surface area contributed by atoms with Gasteiger partial charge in [-0.3, -0.25) is 4.98 Å². The van der Waals surface area contributed by atoms with Crippen molar-refractivity contribution in [2.24, 2.45) is 0 Å². The first-order valence-electron chi connectivity index (χ1n) is 7.16. The Balaban J connectivity index is 1.91. The smallest absolute Gasteiger partial charge is 0.0915 e. The average Bonchev–Trinajstić information content (AvgIpc) is 2.53. The van der Waals surface area contributed by atoms with Gasteiger partial charge in [0.2, 0.25) is 0 Å². The number of benzene rings is 1. The number of nitrogens with one attached hydrogen (secondary N) is 1. The Labute approximate surface area is 126 Å². The summed E-state index contributed by atoms with van der Waals surface area (Å²) in [6.45, 7) is 2.62. The molecule has 2 aromatic rings. The van der Waals surface area contributed by atoms with Crippen molar-refractivity contribution >= 4 is 5.69 Å². The van der Waals surface area contributed by atoms with Gasteiger partial charge >= 0.3 is 0 Å². The SMILES string of the molecule is CC(NCC(O)c1ccncc1)c1ccc(N(C)C)cc1. The monoisotopic (exact) mass is 285 g/mol. The second-order valence-corrected chi connectivity index (χ2v) is 5.41. The van der Waals surface area contributed by atoms with Crippen LogP contribution >= 0.6 is 0 Å². The summed E-state index contributed by atoms with van der Waals surface area (Å²) >= 11 is 0. The highest BCUT2D eigenvalue weighted by Crippen LogP contribution is 2.18. The largest absolute Gasteiger partial charge is 0.387 e. The summed E-state index contributed by atoms with van der Waals surface area (Å²) in [7, 11) is 4.06. The van der Waals surface area contributed by atoms with Crippen LogP contribution in [0.15, 0.2) is 48.8 Å². The minimum Gasteiger partial charge on any atom is -0.387 e. The van der Waals surface area contributed by atoms with Crippen LogP contribution in [0.4, 0.5) is 5.69 Å². The second kappa shape index (κ2) is 7.20. The van der Waals surface area contributed by atoms with Gasteiger partial charge in [-0.1, -0.05) is 12.1 Å². The van der Waals surface area contributed by atoms with E-state index in [9.17, 15) is 5.11 Å². The van der Waals surface area contributed by atoms with Gasteiger partial charge in [0.1, 0.15) is 0 Å². The van der Waals surface area contributed by atoms with Crippen LogP contribution in [0.3, 0.4) is 0 Å². The highest BCUT2D eigenvalue weighted by molar-refractivity contribution is 5.46. The number of aliphatic hydroxyl groups is 1. The minimum absolute atomic E-state index is 0.192. The summed E-state index contributed by atoms with van der Waals surface area (Å²) in [6, 6.07) is 12.3. The van der Waals surface area contributed by atoms with Crippen LogP contribution < -0.4 is 10.2 Å². The van der Waals surface area contributed by atoms with E-state index in [0.717, 1.165) is 5.56 Å². The molecule has 2 rings (SSSR count). The van der Waals surface area contributed by atoms with Gasteiger partial charge in [-0.15, -0.1) is 0 Å². The van der Waals surface area contributed by atoms with Gasteiger partial charge in [0.25, 0.3) is 0 Å². The Morgan fingerprint density at radius 2 is 1.67 bits per heavy atom. The van der Waals surface area contributed by atoms with Crippen LogP contribution in [0.5, 0.6) is 0 Å². The lowest BCUT2D eigenvalue weighted by molar-refractivity contribution is 0.170. The molecule has 0 aliphatic carbocycles. The number of aliphatic hydroxyl groups excluding tert-OH is 1. The van der Waals surface area contributed by atoms with E-state index in [-0.39, 0.29) is 6.04 Å². The fourth-order valence-corrected chi connectivity index (χ4v) is 2.17. The molecule has 0 aliphatic rings. The molecular weight excluding hydrogens is 262 g/mol. The molecule has 0 fully saturated rings. The lowest BCUT2D eigenvalue weighted by Crippen LogP contribution is -2.24. The number of rotatable bonds is 6. The van der Waals surface area contributed by atoms with Gasteiger partial charge in [0.15, 0.2) is 0 Å². The van der Waals surface area contributed by atoms with E-state index in [1.165, 1.54) is 11.3 Å². The first kappa shape index (κ1) is 15.5. The zero-order valence-corrected chi connectivity index (χ0v) is 12.8. The van der Waals surface area contributed by atoms with E-state index in [4.69, 9.17) is 0 Å². The van der Waals surface area contributed by atoms with Crippen molar-refractivity contribution in [3.05, 3.63) is 59.9 Å². The molecule has 1 heterocycles. The van der Waals surface area contributed by atoms with Crippen LogP contribution in [-0.4, -0.2) is 30.7 Å². The summed E-state index contributed by atoms with van der Waals surface area (Å²) in [6.07, 6.45) is 2.88. The number of nitrogens with zero attached hydrogens (tertiary/aromatic N) is 2. The third kappa shape index (κ3) is 4.28. The first-order chi connectivity index (χ1) is 10.1. The van der Waals surface area contributed by atoms with Crippen molar-refractivity contribution in [3.8, 4) is 0 Å². The van der Waals surface area contributed by atoms with Crippen LogP contribution in [0.25, 0.3) is 0 Å². The maximum Gasteiger partial charge on any atom is 0.0915 e. The molecule has 0 aliphatic heterocycles. The van der Waals surface area contributed by atoms with E-state index in [0.29, 0.717) is 6.54 Å². The highest BCUT2D eigenvalue weighted by atomic mass is 16.3. The van der Waals surface area contributed by atoms with Crippen molar-refractivity contribution in [3.63, 3.8) is 0 Å². The molecule has 21 heavy (non-hydrogen) atoms. The van der Waals surface area contributed by atoms with Crippen molar-refractivity contribution in [1.82, 2.24) is 10.3 Å². The van der Waals surface area contributed by atoms with Crippen molar-refractivity contribution in [1.29, 1.82) is 0 Å². The van der Waals surface area contributed by atoms with Crippen LogP contribution in [0.1, 0.15) is 30.2 Å². The zero-order valence-electron chi connectivity index (χ0n) is 12.8. The van der Waals surface area contributed by atoms with E-state index < -0.39 is 6.10 Å². The predicted molar refractivity (Wildman–Crippen MR) is 86.4 cm³/mol. The predicted octanol–water partition coefficient (Wildman–Crippen LogP) is 2.53. The van der Waals surface area contributed by atoms with E-state index >= 15 is 0 Å². The molecular formula is C17H23N3O. The molecule has 0 saturated carbocycles. The first-order valence-corrected chi connectivity index (χ1v) is 7.16. The number of hydrogen-bond acceptors (Lipinski definition) is 4. The Morgan fingerprint density at radius 1 is 1.05 bits per heavy atom. The highest BCUT2D eigenvalue weighted by Gasteiger charge is 2.10. The number of aromatic nitrogens is 1. The summed E-state index contributed by atoms with van der Waals surface area (Å²) in [5.74, 6) is 0. The van der Waals surface area contributed by atoms with Crippen LogP contribution in [-0.2, 0) is 0 Å². The molecule has 0 amide bonds. The van der Waals surface area contributed by atoms with E-state index in [2.05, 4.69) is 46.4 Å². The number of hydrogen-bond donors (Lipinski definition) is 2. The quantitative estimate of drug-likeness (QED) is 0.856. The molecule has 2 unspecified atom stereocenters. The summed E-state index contributed by atoms with van der Waals surface area (Å²) in [5, 5.41) is 13.5. The van der Waals surface area contributed by atoms with E-state index in [1.807, 2.05) is 26.2 Å². The normalized spacial score (nSPS) is 13.7. The Morgan fingerprint density at radius 3 is 2.24 bits per heavy atom. The number of pyridine rings is 1. The molecule has 0 spiro atoms. The van der Waals surface area contributed by atoms with Crippen molar-refractivity contribution in [2.45, 2.75) is 19.1 Å². The van der Waals surface area contributed by atoms with E-state index in [1.54, 1.807) is 12.4 Å². The fourth-order valence-electron chi connectivity index (χ4n) is 2.17. The topological polar surface area (TPSA) is 48.4 Å². The molecule has 1 aromatic carbocycles. The standard InChI is InChI=1S/C17H23N3O/c1-13(14-4-6-16(7-5-14)20(2)3)19-12-17(21)15-8-10-18-11-9-15/h4-11,13,17,19,21H,12H2,1-3H3. The van der Waals surface area contributed by atoms with Gasteiger partial charge < -0.3 is 15.3 Å². The molecule has 112 valence electrons. The molecule has 2 atom stereocenters. The molecule has 0 radical (unpaired) electrons. The third-order valence-corrected chi connectivity index (χ3v) is 3.62. The summed E-state index contributed by atoms with van der Waals surface area (Å²) < 4.78 is 0. The molecule has 4 nitrogen and oxygen atoms in total. The van der Waals surface area contributed by atoms with Crippen molar-refractivity contribution < 1.29 is 5.11 Å². The molecule has 0 saturated heterocycles. The third-order valence-electron chi connectivity index (χ3n) is 3.62. The van der Waals surface area contributed by atoms with Gasteiger partial charge in [-0.25, -0.2) is 0 Å². The Bertz CT molecular complexity index is 540. The van der Waals surface area contributed by atoms with Gasteiger partial charge in [-0.05, 0) is 42.3 Å². The lowest BCUT2D eigenvalue weighted by Gasteiger charge is -2.19.